The molecule has 0 radical (unpaired) electrons. The highest BCUT2D eigenvalue weighted by molar-refractivity contribution is 5.89. The highest BCUT2D eigenvalue weighted by atomic mass is 16.6. The lowest BCUT2D eigenvalue weighted by atomic mass is 9.92. The maximum Gasteiger partial charge on any atom is 0.408 e. The summed E-state index contributed by atoms with van der Waals surface area (Å²) < 4.78 is 15.4. The zero-order valence-electron chi connectivity index (χ0n) is 26.2. The van der Waals surface area contributed by atoms with E-state index in [1.165, 1.54) is 14.0 Å². The Labute approximate surface area is 258 Å². The summed E-state index contributed by atoms with van der Waals surface area (Å²) in [6.07, 6.45) is 2.45. The molecule has 238 valence electrons. The molecule has 0 spiro atoms. The Morgan fingerprint density at radius 2 is 1.64 bits per heavy atom. The predicted molar refractivity (Wildman–Crippen MR) is 165 cm³/mol. The van der Waals surface area contributed by atoms with Crippen LogP contribution < -0.4 is 16.0 Å². The summed E-state index contributed by atoms with van der Waals surface area (Å²) in [5, 5.41) is 8.29. The second-order valence-electron chi connectivity index (χ2n) is 11.2. The van der Waals surface area contributed by atoms with Crippen molar-refractivity contribution in [1.82, 2.24) is 10.6 Å². The lowest BCUT2D eigenvalue weighted by molar-refractivity contribution is -0.145. The molecule has 11 heteroatoms. The second-order valence-corrected chi connectivity index (χ2v) is 11.2. The molecule has 0 saturated carbocycles. The molecule has 3 atom stereocenters. The fourth-order valence-electron chi connectivity index (χ4n) is 4.15. The van der Waals surface area contributed by atoms with Crippen molar-refractivity contribution in [2.75, 3.05) is 12.4 Å². The average Bonchev–Trinajstić information content (AvgIpc) is 2.95. The fourth-order valence-corrected chi connectivity index (χ4v) is 4.15. The average molecular weight is 610 g/mol. The lowest BCUT2D eigenvalue weighted by Crippen LogP contribution is -2.49. The van der Waals surface area contributed by atoms with Gasteiger partial charge in [0, 0.05) is 19.0 Å². The van der Waals surface area contributed by atoms with E-state index in [-0.39, 0.29) is 37.7 Å². The van der Waals surface area contributed by atoms with Crippen LogP contribution in [0.25, 0.3) is 0 Å². The Hall–Kier alpha value is -4.67. The van der Waals surface area contributed by atoms with Crippen LogP contribution in [0.4, 0.5) is 10.5 Å². The zero-order chi connectivity index (χ0) is 32.7. The summed E-state index contributed by atoms with van der Waals surface area (Å²) in [7, 11) is 1.30. The maximum atomic E-state index is 13.7. The SMILES string of the molecule is COC(=O)C/C=C/[C@H](C)[C@@H](NC(=O)[C@H](CCC(=O)OCc1ccccc1)NC(=O)OC(C)(C)C)c1cccc(NC(C)=O)c1. The van der Waals surface area contributed by atoms with Crippen LogP contribution in [0.15, 0.2) is 66.7 Å². The van der Waals surface area contributed by atoms with E-state index in [1.54, 1.807) is 57.2 Å². The van der Waals surface area contributed by atoms with E-state index >= 15 is 0 Å². The molecule has 0 aliphatic heterocycles. The normalized spacial score (nSPS) is 13.2. The number of esters is 2. The van der Waals surface area contributed by atoms with E-state index in [0.717, 1.165) is 5.56 Å². The molecule has 0 aliphatic rings. The summed E-state index contributed by atoms with van der Waals surface area (Å²) in [5.74, 6) is -2.10. The Balaban J connectivity index is 2.28. The maximum absolute atomic E-state index is 13.7. The van der Waals surface area contributed by atoms with E-state index in [2.05, 4.69) is 16.0 Å². The minimum Gasteiger partial charge on any atom is -0.469 e. The molecule has 44 heavy (non-hydrogen) atoms. The quantitative estimate of drug-likeness (QED) is 0.154. The minimum atomic E-state index is -1.14. The number of amides is 3. The highest BCUT2D eigenvalue weighted by Crippen LogP contribution is 2.26. The lowest BCUT2D eigenvalue weighted by Gasteiger charge is -2.28. The van der Waals surface area contributed by atoms with Gasteiger partial charge in [-0.05, 0) is 56.4 Å². The van der Waals surface area contributed by atoms with Crippen LogP contribution in [0.2, 0.25) is 0 Å². The van der Waals surface area contributed by atoms with Gasteiger partial charge < -0.3 is 30.2 Å². The van der Waals surface area contributed by atoms with Crippen molar-refractivity contribution in [3.8, 4) is 0 Å². The highest BCUT2D eigenvalue weighted by Gasteiger charge is 2.29. The van der Waals surface area contributed by atoms with Crippen molar-refractivity contribution in [1.29, 1.82) is 0 Å². The standard InChI is InChI=1S/C33H43N3O8/c1-22(12-10-17-28(38)42-6)30(25-15-11-16-26(20-25)34-23(2)37)36-31(40)27(35-32(41)44-33(3,4)5)18-19-29(39)43-21-24-13-8-7-9-14-24/h7-16,20,22,27,30H,17-19,21H2,1-6H3,(H,34,37)(H,35,41)(H,36,40)/b12-10+/t22-,27-,30+/m0/s1. The number of hydrogen-bond acceptors (Lipinski definition) is 8. The molecule has 2 rings (SSSR count). The van der Waals surface area contributed by atoms with E-state index in [9.17, 15) is 24.0 Å². The van der Waals surface area contributed by atoms with Crippen molar-refractivity contribution < 1.29 is 38.2 Å². The van der Waals surface area contributed by atoms with Crippen molar-refractivity contribution in [3.05, 3.63) is 77.9 Å². The molecular formula is C33H43N3O8. The number of carbonyl (C=O) groups excluding carboxylic acids is 5. The fraction of sp³-hybridized carbons (Fsp3) is 0.424. The number of anilines is 1. The van der Waals surface area contributed by atoms with Crippen LogP contribution in [0.3, 0.4) is 0 Å². The topological polar surface area (TPSA) is 149 Å². The van der Waals surface area contributed by atoms with Crippen LogP contribution in [0.1, 0.15) is 71.0 Å². The molecule has 2 aromatic rings. The number of nitrogens with one attached hydrogen (secondary N) is 3. The number of benzene rings is 2. The number of alkyl carbamates (subject to hydrolysis) is 1. The van der Waals surface area contributed by atoms with Gasteiger partial charge >= 0.3 is 18.0 Å². The summed E-state index contributed by atoms with van der Waals surface area (Å²) in [4.78, 5) is 62.2. The monoisotopic (exact) mass is 609 g/mol. The largest absolute Gasteiger partial charge is 0.469 e. The molecule has 2 aromatic carbocycles. The summed E-state index contributed by atoms with van der Waals surface area (Å²) in [5.41, 5.74) is 1.20. The van der Waals surface area contributed by atoms with Gasteiger partial charge in [0.15, 0.2) is 0 Å². The Kier molecular flexibility index (Phi) is 14.1. The van der Waals surface area contributed by atoms with Crippen LogP contribution in [0, 0.1) is 5.92 Å². The number of methoxy groups -OCH3 is 1. The van der Waals surface area contributed by atoms with Crippen LogP contribution in [-0.4, -0.2) is 48.6 Å². The number of ether oxygens (including phenoxy) is 3. The van der Waals surface area contributed by atoms with E-state index < -0.39 is 41.6 Å². The molecule has 0 aromatic heterocycles. The van der Waals surface area contributed by atoms with Crippen LogP contribution in [0.5, 0.6) is 0 Å². The Morgan fingerprint density at radius 1 is 0.932 bits per heavy atom. The molecule has 0 heterocycles. The van der Waals surface area contributed by atoms with Gasteiger partial charge in [0.1, 0.15) is 18.2 Å². The summed E-state index contributed by atoms with van der Waals surface area (Å²) in [6, 6.07) is 14.4. The minimum absolute atomic E-state index is 0.0430. The van der Waals surface area contributed by atoms with Gasteiger partial charge in [0.2, 0.25) is 11.8 Å². The molecule has 0 fully saturated rings. The van der Waals surface area contributed by atoms with E-state index in [0.29, 0.717) is 11.3 Å². The van der Waals surface area contributed by atoms with Crippen molar-refractivity contribution in [3.63, 3.8) is 0 Å². The van der Waals surface area contributed by atoms with Crippen molar-refractivity contribution in [2.45, 2.75) is 78.2 Å². The Morgan fingerprint density at radius 3 is 2.27 bits per heavy atom. The third kappa shape index (κ3) is 13.5. The molecule has 3 amide bonds. The van der Waals surface area contributed by atoms with Gasteiger partial charge in [0.05, 0.1) is 19.6 Å². The third-order valence-corrected chi connectivity index (χ3v) is 6.23. The van der Waals surface area contributed by atoms with Crippen molar-refractivity contribution >= 4 is 35.5 Å². The smallest absolute Gasteiger partial charge is 0.408 e. The van der Waals surface area contributed by atoms with E-state index in [4.69, 9.17) is 14.2 Å². The summed E-state index contributed by atoms with van der Waals surface area (Å²) in [6.45, 7) is 8.41. The number of rotatable bonds is 14. The van der Waals surface area contributed by atoms with Gasteiger partial charge in [-0.1, -0.05) is 61.5 Å². The first-order valence-corrected chi connectivity index (χ1v) is 14.4. The van der Waals surface area contributed by atoms with Crippen molar-refractivity contribution in [2.24, 2.45) is 5.92 Å². The first-order valence-electron chi connectivity index (χ1n) is 14.4. The molecule has 3 N–H and O–H groups in total. The molecule has 0 bridgehead atoms. The van der Waals surface area contributed by atoms with Gasteiger partial charge in [-0.25, -0.2) is 4.79 Å². The third-order valence-electron chi connectivity index (χ3n) is 6.23. The zero-order valence-corrected chi connectivity index (χ0v) is 26.2. The Bertz CT molecular complexity index is 1300. The molecule has 0 unspecified atom stereocenters. The summed E-state index contributed by atoms with van der Waals surface area (Å²) >= 11 is 0. The van der Waals surface area contributed by atoms with Gasteiger partial charge in [0.25, 0.3) is 0 Å². The molecule has 0 aliphatic carbocycles. The van der Waals surface area contributed by atoms with Crippen LogP contribution >= 0.6 is 0 Å². The first-order chi connectivity index (χ1) is 20.8. The van der Waals surface area contributed by atoms with Gasteiger partial charge in [-0.2, -0.15) is 0 Å². The number of carbonyl (C=O) groups is 5. The second kappa shape index (κ2) is 17.4. The van der Waals surface area contributed by atoms with E-state index in [1.807, 2.05) is 37.3 Å². The predicted octanol–water partition coefficient (Wildman–Crippen LogP) is 4.97. The number of hydrogen-bond donors (Lipinski definition) is 3. The first kappa shape index (κ1) is 35.5. The van der Waals surface area contributed by atoms with Gasteiger partial charge in [-0.3, -0.25) is 19.2 Å². The molecular weight excluding hydrogens is 566 g/mol. The van der Waals surface area contributed by atoms with Gasteiger partial charge in [-0.15, -0.1) is 0 Å². The molecule has 11 nitrogen and oxygen atoms in total. The van der Waals surface area contributed by atoms with Crippen LogP contribution in [-0.2, 0) is 40.0 Å². The molecule has 0 saturated heterocycles.